The van der Waals surface area contributed by atoms with Gasteiger partial charge in [-0.2, -0.15) is 0 Å². The molecule has 2 aromatic carbocycles. The van der Waals surface area contributed by atoms with Gasteiger partial charge in [-0.05, 0) is 30.5 Å². The monoisotopic (exact) mass is 435 g/mol. The van der Waals surface area contributed by atoms with E-state index in [-0.39, 0.29) is 12.2 Å². The summed E-state index contributed by atoms with van der Waals surface area (Å²) in [6.45, 7) is 1.96. The summed E-state index contributed by atoms with van der Waals surface area (Å²) in [5.74, 6) is -2.57. The van der Waals surface area contributed by atoms with Gasteiger partial charge in [-0.1, -0.05) is 48.5 Å². The van der Waals surface area contributed by atoms with E-state index < -0.39 is 28.1 Å². The second-order valence-corrected chi connectivity index (χ2v) is 7.80. The van der Waals surface area contributed by atoms with Crippen molar-refractivity contribution in [2.24, 2.45) is 5.92 Å². The number of carboxylic acid groups (broad SMARTS) is 1. The maximum Gasteiger partial charge on any atom is 0.319 e. The molecule has 0 aromatic heterocycles. The van der Waals surface area contributed by atoms with Gasteiger partial charge in [-0.3, -0.25) is 19.7 Å². The molecule has 0 fully saturated rings. The summed E-state index contributed by atoms with van der Waals surface area (Å²) >= 11 is 0. The van der Waals surface area contributed by atoms with Crippen molar-refractivity contribution in [2.45, 2.75) is 18.8 Å². The molecule has 2 unspecified atom stereocenters. The molecule has 3 rings (SSSR count). The Hall–Kier alpha value is -3.94. The highest BCUT2D eigenvalue weighted by Gasteiger charge is 2.52. The standard InChI is InChI=1S/C24H25N3O5/c1-17-15-24(23(29)30,19-10-12-20(13-11-19)27(31)32)21(16-26(17)2)22(28)25-14-6-9-18-7-4-3-5-8-18/h3-8,10-15,21H,9,16H2,1-2H3,(H,25,28)(H,29,30). The summed E-state index contributed by atoms with van der Waals surface area (Å²) in [5.41, 5.74) is 0.307. The number of nitrogens with one attached hydrogen (secondary N) is 1. The number of hydrogen-bond donors (Lipinski definition) is 2. The lowest BCUT2D eigenvalue weighted by Crippen LogP contribution is -2.55. The van der Waals surface area contributed by atoms with Crippen molar-refractivity contribution >= 4 is 17.6 Å². The van der Waals surface area contributed by atoms with E-state index in [0.717, 1.165) is 5.56 Å². The number of non-ortho nitro benzene ring substituents is 1. The zero-order valence-electron chi connectivity index (χ0n) is 17.9. The number of nitro benzene ring substituents is 1. The predicted octanol–water partition coefficient (Wildman–Crippen LogP) is 3.26. The first-order chi connectivity index (χ1) is 15.3. The normalized spacial score (nSPS) is 20.6. The number of allylic oxidation sites excluding steroid dienone is 2. The highest BCUT2D eigenvalue weighted by Crippen LogP contribution is 2.40. The van der Waals surface area contributed by atoms with E-state index in [1.807, 2.05) is 35.2 Å². The molecule has 8 heteroatoms. The number of rotatable bonds is 7. The van der Waals surface area contributed by atoms with Gasteiger partial charge in [0.1, 0.15) is 5.41 Å². The maximum absolute atomic E-state index is 13.1. The average Bonchev–Trinajstić information content (AvgIpc) is 2.78. The zero-order valence-corrected chi connectivity index (χ0v) is 17.9. The minimum Gasteiger partial charge on any atom is -0.480 e. The number of amides is 1. The van der Waals surface area contributed by atoms with Crippen LogP contribution in [0, 0.1) is 16.0 Å². The number of nitrogens with zero attached hydrogens (tertiary/aromatic N) is 2. The van der Waals surface area contributed by atoms with E-state index in [1.54, 1.807) is 26.1 Å². The van der Waals surface area contributed by atoms with Crippen molar-refractivity contribution in [3.05, 3.63) is 99.9 Å². The molecule has 0 radical (unpaired) electrons. The van der Waals surface area contributed by atoms with Crippen LogP contribution in [0.3, 0.4) is 0 Å². The minimum atomic E-state index is -1.65. The molecule has 0 saturated heterocycles. The molecule has 1 heterocycles. The summed E-state index contributed by atoms with van der Waals surface area (Å²) in [6.07, 6.45) is 5.51. The number of aliphatic carboxylic acids is 1. The van der Waals surface area contributed by atoms with Crippen LogP contribution >= 0.6 is 0 Å². The molecule has 0 aliphatic carbocycles. The molecule has 32 heavy (non-hydrogen) atoms. The lowest BCUT2D eigenvalue weighted by molar-refractivity contribution is -0.384. The van der Waals surface area contributed by atoms with Gasteiger partial charge in [0.05, 0.1) is 10.8 Å². The zero-order chi connectivity index (χ0) is 23.3. The van der Waals surface area contributed by atoms with Gasteiger partial charge in [0, 0.05) is 37.6 Å². The van der Waals surface area contributed by atoms with E-state index in [4.69, 9.17) is 0 Å². The molecule has 1 amide bonds. The van der Waals surface area contributed by atoms with Crippen molar-refractivity contribution in [2.75, 3.05) is 13.6 Å². The Kier molecular flexibility index (Phi) is 6.73. The molecule has 2 aromatic rings. The molecule has 0 bridgehead atoms. The average molecular weight is 435 g/mol. The number of hydrogen-bond acceptors (Lipinski definition) is 5. The highest BCUT2D eigenvalue weighted by molar-refractivity contribution is 5.94. The highest BCUT2D eigenvalue weighted by atomic mass is 16.6. The third-order valence-corrected chi connectivity index (χ3v) is 5.81. The Morgan fingerprint density at radius 2 is 1.88 bits per heavy atom. The van der Waals surface area contributed by atoms with Crippen molar-refractivity contribution in [3.8, 4) is 0 Å². The van der Waals surface area contributed by atoms with E-state index in [1.165, 1.54) is 30.5 Å². The number of carboxylic acids is 1. The van der Waals surface area contributed by atoms with Crippen LogP contribution in [0.5, 0.6) is 0 Å². The molecule has 1 aliphatic rings. The Labute approximate surface area is 186 Å². The molecule has 166 valence electrons. The largest absolute Gasteiger partial charge is 0.480 e. The van der Waals surface area contributed by atoms with Crippen LogP contribution in [0.1, 0.15) is 18.1 Å². The van der Waals surface area contributed by atoms with Gasteiger partial charge in [-0.15, -0.1) is 0 Å². The third-order valence-electron chi connectivity index (χ3n) is 5.81. The molecule has 2 N–H and O–H groups in total. The van der Waals surface area contributed by atoms with Gasteiger partial charge < -0.3 is 15.3 Å². The van der Waals surface area contributed by atoms with Gasteiger partial charge in [0.15, 0.2) is 0 Å². The number of carbonyl (C=O) groups is 2. The molecule has 8 nitrogen and oxygen atoms in total. The van der Waals surface area contributed by atoms with Crippen LogP contribution in [-0.4, -0.2) is 40.4 Å². The summed E-state index contributed by atoms with van der Waals surface area (Å²) in [6, 6.07) is 15.1. The fraction of sp³-hybridized carbons (Fsp3) is 0.250. The van der Waals surface area contributed by atoms with Crippen LogP contribution in [0.25, 0.3) is 0 Å². The second kappa shape index (κ2) is 9.47. The van der Waals surface area contributed by atoms with Crippen LogP contribution in [0.2, 0.25) is 0 Å². The second-order valence-electron chi connectivity index (χ2n) is 7.80. The Balaban J connectivity index is 1.91. The fourth-order valence-electron chi connectivity index (χ4n) is 3.92. The Morgan fingerprint density at radius 3 is 2.47 bits per heavy atom. The van der Waals surface area contributed by atoms with Crippen molar-refractivity contribution in [1.29, 1.82) is 0 Å². The topological polar surface area (TPSA) is 113 Å². The van der Waals surface area contributed by atoms with E-state index >= 15 is 0 Å². The van der Waals surface area contributed by atoms with Gasteiger partial charge in [-0.25, -0.2) is 0 Å². The number of benzene rings is 2. The number of nitro groups is 1. The first-order valence-electron chi connectivity index (χ1n) is 10.1. The Morgan fingerprint density at radius 1 is 1.22 bits per heavy atom. The van der Waals surface area contributed by atoms with E-state index in [2.05, 4.69) is 5.32 Å². The summed E-state index contributed by atoms with van der Waals surface area (Å²) in [5, 5.41) is 24.0. The molecular formula is C24H25N3O5. The van der Waals surface area contributed by atoms with Crippen LogP contribution < -0.4 is 5.32 Å². The molecule has 0 saturated carbocycles. The van der Waals surface area contributed by atoms with Crippen molar-refractivity contribution < 1.29 is 19.6 Å². The molecular weight excluding hydrogens is 410 g/mol. The quantitative estimate of drug-likeness (QED) is 0.510. The maximum atomic E-state index is 13.1. The Bertz CT molecular complexity index is 1060. The minimum absolute atomic E-state index is 0.146. The van der Waals surface area contributed by atoms with Crippen LogP contribution in [0.15, 0.2) is 78.6 Å². The van der Waals surface area contributed by atoms with Crippen LogP contribution in [-0.2, 0) is 21.4 Å². The smallest absolute Gasteiger partial charge is 0.319 e. The lowest BCUT2D eigenvalue weighted by atomic mass is 9.67. The van der Waals surface area contributed by atoms with Gasteiger partial charge in [0.25, 0.3) is 5.69 Å². The molecule has 2 atom stereocenters. The third kappa shape index (κ3) is 4.54. The fourth-order valence-corrected chi connectivity index (χ4v) is 3.92. The summed E-state index contributed by atoms with van der Waals surface area (Å²) < 4.78 is 0. The number of carbonyl (C=O) groups excluding carboxylic acids is 1. The SMILES string of the molecule is CC1=CC(C(=O)O)(c2ccc([N+](=O)[O-])cc2)C(C(=O)NC=CCc2ccccc2)CN1C. The summed E-state index contributed by atoms with van der Waals surface area (Å²) in [4.78, 5) is 38.0. The van der Waals surface area contributed by atoms with E-state index in [0.29, 0.717) is 17.7 Å². The van der Waals surface area contributed by atoms with Crippen molar-refractivity contribution in [3.63, 3.8) is 0 Å². The molecule has 0 spiro atoms. The first kappa shape index (κ1) is 22.7. The first-order valence-corrected chi connectivity index (χ1v) is 10.1. The molecule has 1 aliphatic heterocycles. The van der Waals surface area contributed by atoms with Gasteiger partial charge >= 0.3 is 5.97 Å². The van der Waals surface area contributed by atoms with Crippen LogP contribution in [0.4, 0.5) is 5.69 Å². The van der Waals surface area contributed by atoms with Crippen molar-refractivity contribution in [1.82, 2.24) is 10.2 Å². The van der Waals surface area contributed by atoms with Gasteiger partial charge in [0.2, 0.25) is 5.91 Å². The predicted molar refractivity (Wildman–Crippen MR) is 120 cm³/mol. The summed E-state index contributed by atoms with van der Waals surface area (Å²) in [7, 11) is 1.79. The van der Waals surface area contributed by atoms with E-state index in [9.17, 15) is 24.8 Å². The lowest BCUT2D eigenvalue weighted by Gasteiger charge is -2.42.